The molecule has 0 aliphatic carbocycles. The highest BCUT2D eigenvalue weighted by Gasteiger charge is 2.31. The number of carbonyl (C=O) groups is 2. The number of amides is 2. The van der Waals surface area contributed by atoms with Crippen molar-refractivity contribution in [2.45, 2.75) is 26.1 Å². The summed E-state index contributed by atoms with van der Waals surface area (Å²) in [6.45, 7) is 3.95. The first-order chi connectivity index (χ1) is 13.2. The maximum Gasteiger partial charge on any atom is 0.416 e. The Morgan fingerprint density at radius 2 is 1.64 bits per heavy atom. The maximum absolute atomic E-state index is 12.6. The van der Waals surface area contributed by atoms with Crippen molar-refractivity contribution in [3.8, 4) is 0 Å². The van der Waals surface area contributed by atoms with Crippen molar-refractivity contribution in [1.29, 1.82) is 0 Å². The van der Waals surface area contributed by atoms with Gasteiger partial charge in [0.05, 0.1) is 11.8 Å². The molecule has 9 heteroatoms. The average molecular weight is 394 g/mol. The molecule has 0 radical (unpaired) electrons. The van der Waals surface area contributed by atoms with Crippen LogP contribution < -0.4 is 0 Å². The van der Waals surface area contributed by atoms with Crippen LogP contribution in [0, 0.1) is 6.92 Å². The third-order valence-corrected chi connectivity index (χ3v) is 4.70. The van der Waals surface area contributed by atoms with Crippen molar-refractivity contribution in [3.63, 3.8) is 0 Å². The summed E-state index contributed by atoms with van der Waals surface area (Å²) in [5, 5.41) is 4.15. The van der Waals surface area contributed by atoms with Gasteiger partial charge >= 0.3 is 6.18 Å². The van der Waals surface area contributed by atoms with Gasteiger partial charge in [-0.25, -0.2) is 0 Å². The van der Waals surface area contributed by atoms with Crippen molar-refractivity contribution in [2.75, 3.05) is 26.2 Å². The predicted molar refractivity (Wildman–Crippen MR) is 95.5 cm³/mol. The average Bonchev–Trinajstić information content (AvgIpc) is 3.10. The second-order valence-electron chi connectivity index (χ2n) is 6.78. The molecule has 2 heterocycles. The van der Waals surface area contributed by atoms with Gasteiger partial charge in [0.2, 0.25) is 5.91 Å². The van der Waals surface area contributed by atoms with Crippen molar-refractivity contribution in [3.05, 3.63) is 53.3 Å². The second kappa shape index (κ2) is 8.04. The van der Waals surface area contributed by atoms with Crippen LogP contribution >= 0.6 is 0 Å². The Hall–Kier alpha value is -2.84. The van der Waals surface area contributed by atoms with Crippen LogP contribution in [0.4, 0.5) is 13.2 Å². The van der Waals surface area contributed by atoms with E-state index in [0.29, 0.717) is 39.1 Å². The van der Waals surface area contributed by atoms with Crippen LogP contribution in [-0.4, -0.2) is 57.6 Å². The van der Waals surface area contributed by atoms with Gasteiger partial charge in [0.25, 0.3) is 5.91 Å². The van der Waals surface area contributed by atoms with Crippen molar-refractivity contribution >= 4 is 11.8 Å². The summed E-state index contributed by atoms with van der Waals surface area (Å²) in [4.78, 5) is 28.1. The molecule has 0 spiro atoms. The summed E-state index contributed by atoms with van der Waals surface area (Å²) in [7, 11) is 0. The smallest absolute Gasteiger partial charge is 0.339 e. The van der Waals surface area contributed by atoms with Gasteiger partial charge in [-0.2, -0.15) is 18.3 Å². The Bertz CT molecular complexity index is 838. The summed E-state index contributed by atoms with van der Waals surface area (Å²) in [6.07, 6.45) is -0.500. The molecule has 1 aliphatic heterocycles. The number of piperazine rings is 1. The molecule has 1 saturated heterocycles. The maximum atomic E-state index is 12.6. The molecule has 150 valence electrons. The lowest BCUT2D eigenvalue weighted by atomic mass is 10.1. The van der Waals surface area contributed by atoms with E-state index in [1.165, 1.54) is 12.1 Å². The molecule has 0 unspecified atom stereocenters. The first-order valence-electron chi connectivity index (χ1n) is 8.97. The van der Waals surface area contributed by atoms with Gasteiger partial charge in [-0.05, 0) is 36.8 Å². The van der Waals surface area contributed by atoms with Gasteiger partial charge < -0.3 is 9.80 Å². The highest BCUT2D eigenvalue weighted by Crippen LogP contribution is 2.29. The molecule has 1 aliphatic rings. The lowest BCUT2D eigenvalue weighted by Crippen LogP contribution is -2.50. The molecular weight excluding hydrogens is 373 g/mol. The van der Waals surface area contributed by atoms with Crippen molar-refractivity contribution in [2.24, 2.45) is 0 Å². The minimum absolute atomic E-state index is 0.00483. The summed E-state index contributed by atoms with van der Waals surface area (Å²) in [5.74, 6) is -0.331. The zero-order chi connectivity index (χ0) is 20.3. The molecule has 3 rings (SSSR count). The van der Waals surface area contributed by atoms with Crippen LogP contribution in [0.3, 0.4) is 0 Å². The number of hydrogen-bond donors (Lipinski definition) is 0. The van der Waals surface area contributed by atoms with Gasteiger partial charge in [-0.1, -0.05) is 0 Å². The van der Waals surface area contributed by atoms with Crippen LogP contribution in [-0.2, 0) is 17.5 Å². The Kier molecular flexibility index (Phi) is 5.71. The third kappa shape index (κ3) is 4.71. The van der Waals surface area contributed by atoms with Gasteiger partial charge in [0.15, 0.2) is 0 Å². The first kappa shape index (κ1) is 19.9. The monoisotopic (exact) mass is 394 g/mol. The Balaban J connectivity index is 1.50. The normalized spacial score (nSPS) is 15.0. The minimum atomic E-state index is -4.43. The molecule has 1 aromatic carbocycles. The van der Waals surface area contributed by atoms with E-state index in [1.807, 2.05) is 13.1 Å². The van der Waals surface area contributed by atoms with Gasteiger partial charge in [0.1, 0.15) is 0 Å². The number of alkyl halides is 3. The number of aromatic nitrogens is 2. The predicted octanol–water partition coefficient (Wildman–Crippen LogP) is 2.59. The highest BCUT2D eigenvalue weighted by molar-refractivity contribution is 5.94. The van der Waals surface area contributed by atoms with Crippen LogP contribution in [0.25, 0.3) is 0 Å². The molecule has 1 aromatic heterocycles. The highest BCUT2D eigenvalue weighted by atomic mass is 19.4. The minimum Gasteiger partial charge on any atom is -0.339 e. The standard InChI is InChI=1S/C19H21F3N4O2/c1-14-12-23-26(13-14)7-6-17(27)24-8-10-25(11-9-24)18(28)15-2-4-16(5-3-15)19(20,21)22/h2-5,12-13H,6-11H2,1H3. The fourth-order valence-electron chi connectivity index (χ4n) is 3.10. The van der Waals surface area contributed by atoms with Crippen molar-refractivity contribution in [1.82, 2.24) is 19.6 Å². The summed E-state index contributed by atoms with van der Waals surface area (Å²) >= 11 is 0. The van der Waals surface area contributed by atoms with Crippen LogP contribution in [0.1, 0.15) is 27.9 Å². The largest absolute Gasteiger partial charge is 0.416 e. The summed E-state index contributed by atoms with van der Waals surface area (Å²) in [6, 6.07) is 4.19. The Morgan fingerprint density at radius 1 is 1.04 bits per heavy atom. The molecule has 2 amide bonds. The summed E-state index contributed by atoms with van der Waals surface area (Å²) < 4.78 is 39.6. The SMILES string of the molecule is Cc1cnn(CCC(=O)N2CCN(C(=O)c3ccc(C(F)(F)F)cc3)CC2)c1. The molecule has 28 heavy (non-hydrogen) atoms. The van der Waals surface area contributed by atoms with Crippen LogP contribution in [0.2, 0.25) is 0 Å². The molecule has 6 nitrogen and oxygen atoms in total. The van der Waals surface area contributed by atoms with Crippen molar-refractivity contribution < 1.29 is 22.8 Å². The molecule has 2 aromatic rings. The topological polar surface area (TPSA) is 58.4 Å². The number of halogens is 3. The van der Waals surface area contributed by atoms with E-state index in [4.69, 9.17) is 0 Å². The van der Waals surface area contributed by atoms with E-state index in [1.54, 1.807) is 20.7 Å². The molecule has 0 N–H and O–H groups in total. The molecular formula is C19H21F3N4O2. The fourth-order valence-corrected chi connectivity index (χ4v) is 3.10. The first-order valence-corrected chi connectivity index (χ1v) is 8.97. The van der Waals surface area contributed by atoms with E-state index in [9.17, 15) is 22.8 Å². The third-order valence-electron chi connectivity index (χ3n) is 4.70. The number of benzene rings is 1. The quantitative estimate of drug-likeness (QED) is 0.801. The van der Waals surface area contributed by atoms with E-state index in [2.05, 4.69) is 5.10 Å². The fraction of sp³-hybridized carbons (Fsp3) is 0.421. The van der Waals surface area contributed by atoms with E-state index < -0.39 is 11.7 Å². The number of nitrogens with zero attached hydrogens (tertiary/aromatic N) is 4. The molecule has 0 atom stereocenters. The lowest BCUT2D eigenvalue weighted by Gasteiger charge is -2.35. The molecule has 0 saturated carbocycles. The van der Waals surface area contributed by atoms with Gasteiger partial charge in [-0.15, -0.1) is 0 Å². The number of aryl methyl sites for hydroxylation is 2. The van der Waals surface area contributed by atoms with Gasteiger partial charge in [-0.3, -0.25) is 14.3 Å². The van der Waals surface area contributed by atoms with Gasteiger partial charge in [0, 0.05) is 50.9 Å². The van der Waals surface area contributed by atoms with Crippen LogP contribution in [0.5, 0.6) is 0 Å². The zero-order valence-corrected chi connectivity index (χ0v) is 15.4. The Morgan fingerprint density at radius 3 is 2.18 bits per heavy atom. The second-order valence-corrected chi connectivity index (χ2v) is 6.78. The molecule has 0 bridgehead atoms. The van der Waals surface area contributed by atoms with E-state index in [-0.39, 0.29) is 17.4 Å². The number of hydrogen-bond acceptors (Lipinski definition) is 3. The van der Waals surface area contributed by atoms with E-state index >= 15 is 0 Å². The number of rotatable bonds is 4. The summed E-state index contributed by atoms with van der Waals surface area (Å²) in [5.41, 5.74) is 0.455. The molecule has 1 fully saturated rings. The zero-order valence-electron chi connectivity index (χ0n) is 15.4. The lowest BCUT2D eigenvalue weighted by molar-refractivity contribution is -0.137. The Labute approximate surface area is 160 Å². The van der Waals surface area contributed by atoms with Crippen LogP contribution in [0.15, 0.2) is 36.7 Å². The number of carbonyl (C=O) groups excluding carboxylic acids is 2. The van der Waals surface area contributed by atoms with E-state index in [0.717, 1.165) is 17.7 Å².